The Labute approximate surface area is 168 Å². The maximum atomic E-state index is 13.1. The van der Waals surface area contributed by atoms with E-state index in [-0.39, 0.29) is 37.7 Å². The minimum Gasteiger partial charge on any atom is -0.334 e. The van der Waals surface area contributed by atoms with Gasteiger partial charge in [-0.1, -0.05) is 30.3 Å². The minimum absolute atomic E-state index is 0.00210. The molecule has 0 radical (unpaired) electrons. The van der Waals surface area contributed by atoms with E-state index in [1.54, 1.807) is 30.3 Å². The second-order valence-corrected chi connectivity index (χ2v) is 7.13. The number of ketones is 1. The van der Waals surface area contributed by atoms with Crippen LogP contribution >= 0.6 is 0 Å². The van der Waals surface area contributed by atoms with Crippen molar-refractivity contribution in [1.82, 2.24) is 4.90 Å². The predicted molar refractivity (Wildman–Crippen MR) is 95.7 cm³/mol. The topological polar surface area (TPSA) is 37.4 Å². The SMILES string of the molecule is O=C1CCN(C(=O)c2cc(C(F)(F)F)cc(C(F)(F)F)c2)C(Cc2ccccc2)C1. The van der Waals surface area contributed by atoms with Crippen LogP contribution in [0.3, 0.4) is 0 Å². The average molecular weight is 429 g/mol. The highest BCUT2D eigenvalue weighted by molar-refractivity contribution is 5.96. The first-order chi connectivity index (χ1) is 13.9. The van der Waals surface area contributed by atoms with Gasteiger partial charge in [0.2, 0.25) is 0 Å². The second-order valence-electron chi connectivity index (χ2n) is 7.13. The number of hydrogen-bond acceptors (Lipinski definition) is 2. The third-order valence-corrected chi connectivity index (χ3v) is 4.95. The van der Waals surface area contributed by atoms with E-state index in [0.717, 1.165) is 5.56 Å². The first kappa shape index (κ1) is 21.9. The van der Waals surface area contributed by atoms with E-state index in [9.17, 15) is 35.9 Å². The fraction of sp³-hybridized carbons (Fsp3) is 0.333. The fourth-order valence-corrected chi connectivity index (χ4v) is 3.48. The quantitative estimate of drug-likeness (QED) is 0.634. The summed E-state index contributed by atoms with van der Waals surface area (Å²) < 4.78 is 78.7. The molecule has 1 fully saturated rings. The van der Waals surface area contributed by atoms with Gasteiger partial charge >= 0.3 is 12.4 Å². The molecule has 0 saturated carbocycles. The molecule has 1 amide bonds. The lowest BCUT2D eigenvalue weighted by atomic mass is 9.93. The number of carbonyl (C=O) groups excluding carboxylic acids is 2. The highest BCUT2D eigenvalue weighted by Gasteiger charge is 2.39. The van der Waals surface area contributed by atoms with Crippen molar-refractivity contribution in [3.63, 3.8) is 0 Å². The number of amides is 1. The van der Waals surface area contributed by atoms with Gasteiger partial charge in [0.25, 0.3) is 5.91 Å². The summed E-state index contributed by atoms with van der Waals surface area (Å²) >= 11 is 0. The summed E-state index contributed by atoms with van der Waals surface area (Å²) in [5, 5.41) is 0. The van der Waals surface area contributed by atoms with Gasteiger partial charge in [0.05, 0.1) is 11.1 Å². The van der Waals surface area contributed by atoms with Crippen LogP contribution < -0.4 is 0 Å². The van der Waals surface area contributed by atoms with Gasteiger partial charge in [-0.3, -0.25) is 9.59 Å². The number of alkyl halides is 6. The zero-order valence-corrected chi connectivity index (χ0v) is 15.6. The van der Waals surface area contributed by atoms with Crippen molar-refractivity contribution < 1.29 is 35.9 Å². The number of carbonyl (C=O) groups is 2. The summed E-state index contributed by atoms with van der Waals surface area (Å²) in [5.74, 6) is -1.07. The molecule has 0 N–H and O–H groups in total. The van der Waals surface area contributed by atoms with Gasteiger partial charge in [0.1, 0.15) is 5.78 Å². The molecule has 3 rings (SSSR count). The van der Waals surface area contributed by atoms with Gasteiger partial charge in [-0.05, 0) is 30.2 Å². The molecule has 1 aliphatic heterocycles. The normalized spacial score (nSPS) is 17.9. The average Bonchev–Trinajstić information content (AvgIpc) is 2.67. The molecule has 1 aliphatic rings. The van der Waals surface area contributed by atoms with E-state index >= 15 is 0 Å². The number of likely N-dealkylation sites (tertiary alicyclic amines) is 1. The van der Waals surface area contributed by atoms with Crippen LogP contribution in [0, 0.1) is 0 Å². The summed E-state index contributed by atoms with van der Waals surface area (Å²) in [6.07, 6.45) is -9.83. The van der Waals surface area contributed by atoms with Crippen molar-refractivity contribution in [3.8, 4) is 0 Å². The molecule has 0 bridgehead atoms. The molecule has 2 aromatic rings. The van der Waals surface area contributed by atoms with E-state index < -0.39 is 41.0 Å². The lowest BCUT2D eigenvalue weighted by Crippen LogP contribution is -2.47. The summed E-state index contributed by atoms with van der Waals surface area (Å²) in [6.45, 7) is -0.0627. The minimum atomic E-state index is -5.04. The summed E-state index contributed by atoms with van der Waals surface area (Å²) in [6, 6.07) is 9.02. The molecule has 9 heteroatoms. The summed E-state index contributed by atoms with van der Waals surface area (Å²) in [5.41, 5.74) is -3.00. The van der Waals surface area contributed by atoms with Gasteiger partial charge in [-0.25, -0.2) is 0 Å². The first-order valence-electron chi connectivity index (χ1n) is 9.11. The van der Waals surface area contributed by atoms with Crippen molar-refractivity contribution in [3.05, 3.63) is 70.8 Å². The van der Waals surface area contributed by atoms with Gasteiger partial charge in [0.15, 0.2) is 0 Å². The Kier molecular flexibility index (Phi) is 5.92. The lowest BCUT2D eigenvalue weighted by molar-refractivity contribution is -0.143. The third-order valence-electron chi connectivity index (χ3n) is 4.95. The summed E-state index contributed by atoms with van der Waals surface area (Å²) in [7, 11) is 0. The van der Waals surface area contributed by atoms with Crippen LogP contribution in [0.15, 0.2) is 48.5 Å². The molecule has 2 aromatic carbocycles. The van der Waals surface area contributed by atoms with Crippen molar-refractivity contribution >= 4 is 11.7 Å². The zero-order valence-electron chi connectivity index (χ0n) is 15.6. The van der Waals surface area contributed by atoms with Crippen LogP contribution in [0.2, 0.25) is 0 Å². The lowest BCUT2D eigenvalue weighted by Gasteiger charge is -2.35. The molecule has 0 aliphatic carbocycles. The monoisotopic (exact) mass is 429 g/mol. The van der Waals surface area contributed by atoms with Gasteiger partial charge in [-0.15, -0.1) is 0 Å². The number of nitrogens with zero attached hydrogens (tertiary/aromatic N) is 1. The number of hydrogen-bond donors (Lipinski definition) is 0. The standard InChI is InChI=1S/C21H17F6NO2/c22-20(23,24)15-9-14(10-16(11-15)21(25,26)27)19(30)28-7-6-18(29)12-17(28)8-13-4-2-1-3-5-13/h1-5,9-11,17H,6-8,12H2. The molecule has 1 heterocycles. The molecule has 1 saturated heterocycles. The molecule has 160 valence electrons. The molecule has 0 spiro atoms. The Hall–Kier alpha value is -2.84. The van der Waals surface area contributed by atoms with Crippen molar-refractivity contribution in [1.29, 1.82) is 0 Å². The predicted octanol–water partition coefficient (Wildman–Crippen LogP) is 5.14. The van der Waals surface area contributed by atoms with Crippen LogP contribution in [0.4, 0.5) is 26.3 Å². The largest absolute Gasteiger partial charge is 0.416 e. The van der Waals surface area contributed by atoms with Gasteiger partial charge in [-0.2, -0.15) is 26.3 Å². The van der Waals surface area contributed by atoms with Crippen LogP contribution in [0.5, 0.6) is 0 Å². The fourth-order valence-electron chi connectivity index (χ4n) is 3.48. The maximum Gasteiger partial charge on any atom is 0.416 e. The number of piperidine rings is 1. The molecule has 1 atom stereocenters. The number of Topliss-reactive ketones (excluding diaryl/α,β-unsaturated/α-hetero) is 1. The Morgan fingerprint density at radius 1 is 0.933 bits per heavy atom. The first-order valence-corrected chi connectivity index (χ1v) is 9.11. The van der Waals surface area contributed by atoms with Crippen molar-refractivity contribution in [2.75, 3.05) is 6.54 Å². The Morgan fingerprint density at radius 2 is 1.50 bits per heavy atom. The van der Waals surface area contributed by atoms with Gasteiger partial charge < -0.3 is 4.90 Å². The molecule has 30 heavy (non-hydrogen) atoms. The van der Waals surface area contributed by atoms with E-state index in [4.69, 9.17) is 0 Å². The van der Waals surface area contributed by atoms with E-state index in [1.807, 2.05) is 0 Å². The smallest absolute Gasteiger partial charge is 0.334 e. The van der Waals surface area contributed by atoms with Crippen LogP contribution in [-0.2, 0) is 23.6 Å². The molecule has 0 aromatic heterocycles. The highest BCUT2D eigenvalue weighted by atomic mass is 19.4. The van der Waals surface area contributed by atoms with Gasteiger partial charge in [0, 0.05) is 31.0 Å². The van der Waals surface area contributed by atoms with Crippen LogP contribution in [0.1, 0.15) is 39.9 Å². The number of rotatable bonds is 3. The molecule has 1 unspecified atom stereocenters. The number of benzene rings is 2. The molecule has 3 nitrogen and oxygen atoms in total. The van der Waals surface area contributed by atoms with Crippen molar-refractivity contribution in [2.24, 2.45) is 0 Å². The maximum absolute atomic E-state index is 13.1. The Balaban J connectivity index is 1.97. The Bertz CT molecular complexity index is 904. The molecular formula is C21H17F6NO2. The van der Waals surface area contributed by atoms with E-state index in [0.29, 0.717) is 12.1 Å². The molecular weight excluding hydrogens is 412 g/mol. The summed E-state index contributed by atoms with van der Waals surface area (Å²) in [4.78, 5) is 26.0. The second kappa shape index (κ2) is 8.12. The highest BCUT2D eigenvalue weighted by Crippen LogP contribution is 2.37. The Morgan fingerprint density at radius 3 is 2.03 bits per heavy atom. The van der Waals surface area contributed by atoms with Crippen LogP contribution in [-0.4, -0.2) is 29.2 Å². The number of halogens is 6. The zero-order chi connectivity index (χ0) is 22.1. The van der Waals surface area contributed by atoms with Crippen molar-refractivity contribution in [2.45, 2.75) is 37.7 Å². The third kappa shape index (κ3) is 5.01. The van der Waals surface area contributed by atoms with E-state index in [1.165, 1.54) is 4.90 Å². The van der Waals surface area contributed by atoms with Crippen LogP contribution in [0.25, 0.3) is 0 Å². The van der Waals surface area contributed by atoms with E-state index in [2.05, 4.69) is 0 Å².